The van der Waals surface area contributed by atoms with Crippen LogP contribution in [0.1, 0.15) is 0 Å². The zero-order chi connectivity index (χ0) is 25.9. The maximum absolute atomic E-state index is 6.79. The van der Waals surface area contributed by atoms with Crippen molar-refractivity contribution in [3.8, 4) is 22.9 Å². The summed E-state index contributed by atoms with van der Waals surface area (Å²) < 4.78 is 11.6. The molecule has 0 fully saturated rings. The molecule has 2 aliphatic heterocycles. The van der Waals surface area contributed by atoms with Crippen molar-refractivity contribution in [2.45, 2.75) is 0 Å². The fourth-order valence-electron chi connectivity index (χ4n) is 7.41. The van der Waals surface area contributed by atoms with Gasteiger partial charge in [-0.15, -0.1) is 0 Å². The zero-order valence-electron chi connectivity index (χ0n) is 21.5. The number of rotatable bonds is 1. The molecule has 0 radical (unpaired) electrons. The van der Waals surface area contributed by atoms with Crippen LogP contribution in [0.3, 0.4) is 0 Å². The van der Waals surface area contributed by atoms with Crippen LogP contribution in [0.2, 0.25) is 0 Å². The number of nitrogens with zero attached hydrogens (tertiary/aromatic N) is 2. The third-order valence-electron chi connectivity index (χ3n) is 8.96. The minimum Gasteiger partial charge on any atom is -0.458 e. The van der Waals surface area contributed by atoms with Gasteiger partial charge in [0.15, 0.2) is 0 Å². The van der Waals surface area contributed by atoms with Gasteiger partial charge in [0.2, 0.25) is 0 Å². The van der Waals surface area contributed by atoms with Crippen LogP contribution in [0.25, 0.3) is 55.0 Å². The van der Waals surface area contributed by atoms with Gasteiger partial charge in [-0.25, -0.2) is 0 Å². The molecule has 2 aromatic heterocycles. The normalized spacial score (nSPS) is 13.2. The van der Waals surface area contributed by atoms with Gasteiger partial charge in [0.25, 0.3) is 6.71 Å². The van der Waals surface area contributed by atoms with E-state index in [1.54, 1.807) is 0 Å². The van der Waals surface area contributed by atoms with Crippen molar-refractivity contribution in [2.75, 3.05) is 0 Å². The largest absolute Gasteiger partial charge is 0.458 e. The molecule has 0 saturated heterocycles. The molecule has 10 rings (SSSR count). The molecule has 184 valence electrons. The first-order valence-electron chi connectivity index (χ1n) is 13.8. The highest BCUT2D eigenvalue weighted by molar-refractivity contribution is 6.99. The highest BCUT2D eigenvalue weighted by Gasteiger charge is 2.40. The van der Waals surface area contributed by atoms with Crippen LogP contribution in [0.4, 0.5) is 0 Å². The van der Waals surface area contributed by atoms with Gasteiger partial charge in [-0.2, -0.15) is 0 Å². The summed E-state index contributed by atoms with van der Waals surface area (Å²) in [5, 5.41) is 5.10. The van der Waals surface area contributed by atoms with E-state index in [0.717, 1.165) is 22.7 Å². The predicted molar refractivity (Wildman–Crippen MR) is 166 cm³/mol. The molecule has 4 heterocycles. The number of hydrogen-bond acceptors (Lipinski definition) is 1. The van der Waals surface area contributed by atoms with Crippen molar-refractivity contribution in [2.24, 2.45) is 0 Å². The lowest BCUT2D eigenvalue weighted by Crippen LogP contribution is -2.58. The molecule has 3 nitrogen and oxygen atoms in total. The van der Waals surface area contributed by atoms with Crippen LogP contribution < -0.4 is 21.1 Å². The fraction of sp³-hybridized carbons (Fsp3) is 0. The van der Waals surface area contributed by atoms with E-state index in [2.05, 4.69) is 137 Å². The summed E-state index contributed by atoms with van der Waals surface area (Å²) in [6.45, 7) is 0.0960. The van der Waals surface area contributed by atoms with Crippen LogP contribution in [0.5, 0.6) is 11.5 Å². The monoisotopic (exact) mass is 508 g/mol. The van der Waals surface area contributed by atoms with E-state index in [-0.39, 0.29) is 6.71 Å². The number of para-hydroxylation sites is 4. The second-order valence-corrected chi connectivity index (χ2v) is 10.9. The van der Waals surface area contributed by atoms with Crippen molar-refractivity contribution in [3.63, 3.8) is 0 Å². The molecule has 0 atom stereocenters. The summed E-state index contributed by atoms with van der Waals surface area (Å²) in [5.74, 6) is 1.88. The molecular weight excluding hydrogens is 487 g/mol. The van der Waals surface area contributed by atoms with Gasteiger partial charge < -0.3 is 13.9 Å². The Bertz CT molecular complexity index is 2360. The second kappa shape index (κ2) is 7.25. The van der Waals surface area contributed by atoms with Crippen molar-refractivity contribution < 1.29 is 4.74 Å². The van der Waals surface area contributed by atoms with E-state index < -0.39 is 0 Å². The molecule has 0 aliphatic carbocycles. The molecule has 6 aromatic carbocycles. The van der Waals surface area contributed by atoms with Crippen LogP contribution in [0, 0.1) is 0 Å². The Labute approximate surface area is 230 Å². The smallest absolute Gasteiger partial charge is 0.256 e. The predicted octanol–water partition coefficient (Wildman–Crippen LogP) is 6.82. The Balaban J connectivity index is 1.35. The molecule has 0 N–H and O–H groups in total. The average molecular weight is 508 g/mol. The van der Waals surface area contributed by atoms with Crippen LogP contribution in [0.15, 0.2) is 127 Å². The van der Waals surface area contributed by atoms with Gasteiger partial charge in [-0.05, 0) is 52.8 Å². The standard InChI is InChI=1S/C36H21BN2O/c1-2-10-22(11-3-1)38-29-16-6-5-13-24(29)26-20-28-34(21-32(26)38)40-33-19-9-18-31-35(33)37(28)27-15-8-14-25-23-12-4-7-17-30(23)39(31)36(25)27/h1-21H. The van der Waals surface area contributed by atoms with Gasteiger partial charge in [-0.3, -0.25) is 0 Å². The highest BCUT2D eigenvalue weighted by Crippen LogP contribution is 2.39. The van der Waals surface area contributed by atoms with Crippen LogP contribution in [-0.2, 0) is 0 Å². The summed E-state index contributed by atoms with van der Waals surface area (Å²) in [4.78, 5) is 0. The molecular formula is C36H21BN2O. The van der Waals surface area contributed by atoms with E-state index >= 15 is 0 Å². The summed E-state index contributed by atoms with van der Waals surface area (Å²) >= 11 is 0. The van der Waals surface area contributed by atoms with Crippen LogP contribution in [-0.4, -0.2) is 15.8 Å². The molecule has 0 spiro atoms. The topological polar surface area (TPSA) is 19.1 Å². The summed E-state index contributed by atoms with van der Waals surface area (Å²) in [7, 11) is 0. The SMILES string of the molecule is c1ccc(-n2c3ccccc3c3cc4c(cc32)Oc2cccc3c2B4c2cccc4c5ccccc5n-3c24)cc1. The Morgan fingerprint density at radius 3 is 2.02 bits per heavy atom. The lowest BCUT2D eigenvalue weighted by Gasteiger charge is -2.33. The molecule has 0 amide bonds. The third-order valence-corrected chi connectivity index (χ3v) is 8.96. The van der Waals surface area contributed by atoms with Gasteiger partial charge in [-0.1, -0.05) is 84.9 Å². The second-order valence-electron chi connectivity index (χ2n) is 10.9. The van der Waals surface area contributed by atoms with Crippen molar-refractivity contribution in [3.05, 3.63) is 127 Å². The van der Waals surface area contributed by atoms with Crippen molar-refractivity contribution in [1.29, 1.82) is 0 Å². The Morgan fingerprint density at radius 2 is 1.18 bits per heavy atom. The summed E-state index contributed by atoms with van der Waals surface area (Å²) in [6.07, 6.45) is 0. The average Bonchev–Trinajstić information content (AvgIpc) is 3.52. The first kappa shape index (κ1) is 20.7. The number of ether oxygens (including phenoxy) is 1. The quantitative estimate of drug-likeness (QED) is 0.223. The third kappa shape index (κ3) is 2.43. The molecule has 8 aromatic rings. The number of hydrogen-bond donors (Lipinski definition) is 0. The van der Waals surface area contributed by atoms with Crippen molar-refractivity contribution >= 4 is 66.7 Å². The number of aromatic nitrogens is 2. The Hall–Kier alpha value is -5.22. The molecule has 0 unspecified atom stereocenters. The lowest BCUT2D eigenvalue weighted by molar-refractivity contribution is 0.488. The molecule has 40 heavy (non-hydrogen) atoms. The maximum atomic E-state index is 6.79. The first-order chi connectivity index (χ1) is 19.9. The van der Waals surface area contributed by atoms with E-state index in [0.29, 0.717) is 0 Å². The van der Waals surface area contributed by atoms with E-state index in [9.17, 15) is 0 Å². The number of benzene rings is 6. The summed E-state index contributed by atoms with van der Waals surface area (Å²) in [6, 6.07) is 46.1. The zero-order valence-corrected chi connectivity index (χ0v) is 21.5. The van der Waals surface area contributed by atoms with Crippen molar-refractivity contribution in [1.82, 2.24) is 9.13 Å². The molecule has 0 bridgehead atoms. The minimum atomic E-state index is 0.0960. The van der Waals surface area contributed by atoms with E-state index in [1.807, 2.05) is 0 Å². The Kier molecular flexibility index (Phi) is 3.75. The van der Waals surface area contributed by atoms with E-state index in [1.165, 1.54) is 60.2 Å². The van der Waals surface area contributed by atoms with Gasteiger partial charge in [0, 0.05) is 44.5 Å². The first-order valence-corrected chi connectivity index (χ1v) is 13.8. The Morgan fingerprint density at radius 1 is 0.475 bits per heavy atom. The molecule has 4 heteroatoms. The molecule has 2 aliphatic rings. The van der Waals surface area contributed by atoms with Gasteiger partial charge in [0.05, 0.1) is 16.6 Å². The highest BCUT2D eigenvalue weighted by atomic mass is 16.5. The maximum Gasteiger partial charge on any atom is 0.256 e. The fourth-order valence-corrected chi connectivity index (χ4v) is 7.41. The van der Waals surface area contributed by atoms with Crippen LogP contribution >= 0.6 is 0 Å². The molecule has 0 saturated carbocycles. The van der Waals surface area contributed by atoms with Gasteiger partial charge >= 0.3 is 0 Å². The lowest BCUT2D eigenvalue weighted by atomic mass is 9.34. The van der Waals surface area contributed by atoms with Gasteiger partial charge in [0.1, 0.15) is 11.5 Å². The number of fused-ring (bicyclic) bond motifs is 10. The minimum absolute atomic E-state index is 0.0960. The van der Waals surface area contributed by atoms with E-state index in [4.69, 9.17) is 4.74 Å². The summed E-state index contributed by atoms with van der Waals surface area (Å²) in [5.41, 5.74) is 11.1.